The Balaban J connectivity index is 1.74. The number of azo groups is 1. The third-order valence-electron chi connectivity index (χ3n) is 4.86. The van der Waals surface area contributed by atoms with E-state index in [-0.39, 0.29) is 17.0 Å². The lowest BCUT2D eigenvalue weighted by atomic mass is 10.0. The van der Waals surface area contributed by atoms with Crippen LogP contribution in [-0.2, 0) is 4.74 Å². The lowest BCUT2D eigenvalue weighted by molar-refractivity contribution is 0.0607. The van der Waals surface area contributed by atoms with Crippen LogP contribution in [0.3, 0.4) is 0 Å². The van der Waals surface area contributed by atoms with Gasteiger partial charge in [0.2, 0.25) is 0 Å². The largest absolute Gasteiger partial charge is 0.505 e. The molecule has 9 heteroatoms. The molecule has 2 N–H and O–H groups in total. The fourth-order valence-corrected chi connectivity index (χ4v) is 3.94. The first-order valence-corrected chi connectivity index (χ1v) is 10.7. The molecule has 0 fully saturated rings. The standard InChI is InChI=1S/C24H19N3O5S/c1-31-16-9-7-15(8-10-16)25-23(29)18-13-14-5-3-4-6-17(14)20(21(18)28)27-26-19-11-12-33-22(19)24(30)32-2/h3-13,28H,1-2H3,(H,25,29)/b27-26+. The molecule has 8 nitrogen and oxygen atoms in total. The van der Waals surface area contributed by atoms with Crippen molar-refractivity contribution in [3.05, 3.63) is 76.5 Å². The highest BCUT2D eigenvalue weighted by Gasteiger charge is 2.19. The van der Waals surface area contributed by atoms with Crippen LogP contribution in [0.5, 0.6) is 11.5 Å². The lowest BCUT2D eigenvalue weighted by Gasteiger charge is -2.11. The van der Waals surface area contributed by atoms with Gasteiger partial charge < -0.3 is 19.9 Å². The third-order valence-corrected chi connectivity index (χ3v) is 5.74. The van der Waals surface area contributed by atoms with Crippen molar-refractivity contribution >= 4 is 51.0 Å². The summed E-state index contributed by atoms with van der Waals surface area (Å²) in [5, 5.41) is 25.1. The molecule has 0 atom stereocenters. The maximum Gasteiger partial charge on any atom is 0.350 e. The number of nitrogens with zero attached hydrogens (tertiary/aromatic N) is 2. The number of carbonyl (C=O) groups is 2. The van der Waals surface area contributed by atoms with E-state index in [9.17, 15) is 14.7 Å². The van der Waals surface area contributed by atoms with Gasteiger partial charge in [-0.2, -0.15) is 0 Å². The van der Waals surface area contributed by atoms with Gasteiger partial charge in [-0.15, -0.1) is 21.6 Å². The van der Waals surface area contributed by atoms with E-state index in [2.05, 4.69) is 15.5 Å². The topological polar surface area (TPSA) is 110 Å². The number of amides is 1. The zero-order valence-electron chi connectivity index (χ0n) is 17.7. The molecule has 0 bridgehead atoms. The van der Waals surface area contributed by atoms with Gasteiger partial charge in [-0.3, -0.25) is 4.79 Å². The van der Waals surface area contributed by atoms with E-state index in [1.165, 1.54) is 18.4 Å². The highest BCUT2D eigenvalue weighted by molar-refractivity contribution is 7.12. The summed E-state index contributed by atoms with van der Waals surface area (Å²) in [7, 11) is 2.84. The molecule has 1 heterocycles. The molecule has 0 unspecified atom stereocenters. The number of esters is 1. The molecule has 3 aromatic carbocycles. The average molecular weight is 461 g/mol. The molecule has 166 valence electrons. The SMILES string of the molecule is COC(=O)c1sccc1/N=N/c1c(O)c(C(=O)Nc2ccc(OC)cc2)cc2ccccc12. The number of hydrogen-bond acceptors (Lipinski definition) is 8. The highest BCUT2D eigenvalue weighted by atomic mass is 32.1. The van der Waals surface area contributed by atoms with E-state index < -0.39 is 11.9 Å². The Morgan fingerprint density at radius 1 is 1.00 bits per heavy atom. The maximum atomic E-state index is 13.0. The molecule has 0 aliphatic carbocycles. The van der Waals surface area contributed by atoms with Crippen LogP contribution >= 0.6 is 11.3 Å². The summed E-state index contributed by atoms with van der Waals surface area (Å²) in [6.45, 7) is 0. The second-order valence-electron chi connectivity index (χ2n) is 6.85. The molecule has 33 heavy (non-hydrogen) atoms. The van der Waals surface area contributed by atoms with Crippen LogP contribution in [0.15, 0.2) is 76.3 Å². The van der Waals surface area contributed by atoms with E-state index in [1.807, 2.05) is 12.1 Å². The van der Waals surface area contributed by atoms with Crippen molar-refractivity contribution in [2.24, 2.45) is 10.2 Å². The second kappa shape index (κ2) is 9.49. The van der Waals surface area contributed by atoms with Crippen molar-refractivity contribution in [2.75, 3.05) is 19.5 Å². The van der Waals surface area contributed by atoms with Crippen LogP contribution in [0.25, 0.3) is 10.8 Å². The van der Waals surface area contributed by atoms with E-state index in [1.54, 1.807) is 61.0 Å². The Bertz CT molecular complexity index is 1360. The predicted molar refractivity (Wildman–Crippen MR) is 126 cm³/mol. The average Bonchev–Trinajstić information content (AvgIpc) is 3.31. The fraction of sp³-hybridized carbons (Fsp3) is 0.0833. The number of carbonyl (C=O) groups excluding carboxylic acids is 2. The number of rotatable bonds is 6. The number of nitrogens with one attached hydrogen (secondary N) is 1. The Kier molecular flexibility index (Phi) is 6.32. The summed E-state index contributed by atoms with van der Waals surface area (Å²) < 4.78 is 9.89. The minimum absolute atomic E-state index is 0.0389. The molecule has 4 rings (SSSR count). The Labute approximate surface area is 193 Å². The molecule has 0 radical (unpaired) electrons. The van der Waals surface area contributed by atoms with Crippen LogP contribution in [0, 0.1) is 0 Å². The smallest absolute Gasteiger partial charge is 0.350 e. The van der Waals surface area contributed by atoms with Crippen LogP contribution in [-0.4, -0.2) is 31.2 Å². The number of anilines is 1. The van der Waals surface area contributed by atoms with Crippen molar-refractivity contribution in [2.45, 2.75) is 0 Å². The number of fused-ring (bicyclic) bond motifs is 1. The monoisotopic (exact) mass is 461 g/mol. The zero-order valence-corrected chi connectivity index (χ0v) is 18.6. The molecule has 4 aromatic rings. The first-order valence-electron chi connectivity index (χ1n) is 9.79. The molecule has 0 saturated carbocycles. The van der Waals surface area contributed by atoms with Gasteiger partial charge in [0.15, 0.2) is 5.75 Å². The van der Waals surface area contributed by atoms with Crippen LogP contribution in [0.2, 0.25) is 0 Å². The maximum absolute atomic E-state index is 13.0. The molecule has 0 saturated heterocycles. The van der Waals surface area contributed by atoms with Crippen LogP contribution < -0.4 is 10.1 Å². The van der Waals surface area contributed by atoms with Crippen molar-refractivity contribution in [3.8, 4) is 11.5 Å². The summed E-state index contributed by atoms with van der Waals surface area (Å²) in [5.41, 5.74) is 1.01. The minimum Gasteiger partial charge on any atom is -0.505 e. The first-order chi connectivity index (χ1) is 16.0. The van der Waals surface area contributed by atoms with Crippen LogP contribution in [0.4, 0.5) is 17.1 Å². The number of thiophene rings is 1. The van der Waals surface area contributed by atoms with Gasteiger partial charge in [-0.1, -0.05) is 24.3 Å². The molecular weight excluding hydrogens is 442 g/mol. The second-order valence-corrected chi connectivity index (χ2v) is 7.77. The number of phenolic OH excluding ortho intramolecular Hbond substituents is 1. The summed E-state index contributed by atoms with van der Waals surface area (Å²) in [6.07, 6.45) is 0. The lowest BCUT2D eigenvalue weighted by Crippen LogP contribution is -2.12. The normalized spacial score (nSPS) is 11.0. The molecule has 0 aliphatic rings. The van der Waals surface area contributed by atoms with Crippen molar-refractivity contribution in [1.29, 1.82) is 0 Å². The number of ether oxygens (including phenoxy) is 2. The Morgan fingerprint density at radius 3 is 2.48 bits per heavy atom. The summed E-state index contributed by atoms with van der Waals surface area (Å²) in [4.78, 5) is 25.2. The molecule has 0 aliphatic heterocycles. The van der Waals surface area contributed by atoms with Gasteiger partial charge in [0, 0.05) is 11.1 Å². The van der Waals surface area contributed by atoms with Gasteiger partial charge in [-0.25, -0.2) is 4.79 Å². The summed E-state index contributed by atoms with van der Waals surface area (Å²) in [6, 6.07) is 17.2. The van der Waals surface area contributed by atoms with Crippen LogP contribution in [0.1, 0.15) is 20.0 Å². The van der Waals surface area contributed by atoms with Gasteiger partial charge in [-0.05, 0) is 47.2 Å². The Morgan fingerprint density at radius 2 is 1.76 bits per heavy atom. The number of phenols is 1. The predicted octanol–water partition coefficient (Wildman–Crippen LogP) is 6.07. The molecule has 0 spiro atoms. The number of hydrogen-bond donors (Lipinski definition) is 2. The number of methoxy groups -OCH3 is 2. The van der Waals surface area contributed by atoms with Gasteiger partial charge >= 0.3 is 5.97 Å². The van der Waals surface area contributed by atoms with E-state index in [4.69, 9.17) is 9.47 Å². The number of benzene rings is 3. The molecule has 1 aromatic heterocycles. The van der Waals surface area contributed by atoms with Gasteiger partial charge in [0.25, 0.3) is 5.91 Å². The third kappa shape index (κ3) is 4.53. The summed E-state index contributed by atoms with van der Waals surface area (Å²) in [5.74, 6) is -0.700. The molecular formula is C24H19N3O5S. The van der Waals surface area contributed by atoms with Crippen molar-refractivity contribution in [1.82, 2.24) is 0 Å². The van der Waals surface area contributed by atoms with Crippen molar-refractivity contribution in [3.63, 3.8) is 0 Å². The van der Waals surface area contributed by atoms with E-state index >= 15 is 0 Å². The zero-order chi connectivity index (χ0) is 23.4. The number of aromatic hydroxyl groups is 1. The quantitative estimate of drug-likeness (QED) is 0.267. The van der Waals surface area contributed by atoms with Crippen molar-refractivity contribution < 1.29 is 24.2 Å². The minimum atomic E-state index is -0.527. The molecule has 1 amide bonds. The van der Waals surface area contributed by atoms with E-state index in [0.29, 0.717) is 32.8 Å². The highest BCUT2D eigenvalue weighted by Crippen LogP contribution is 2.40. The first kappa shape index (κ1) is 22.0. The fourth-order valence-electron chi connectivity index (χ4n) is 3.20. The van der Waals surface area contributed by atoms with Gasteiger partial charge in [0.1, 0.15) is 22.0 Å². The Hall–Kier alpha value is -4.24. The van der Waals surface area contributed by atoms with Gasteiger partial charge in [0.05, 0.1) is 19.8 Å². The summed E-state index contributed by atoms with van der Waals surface area (Å²) >= 11 is 1.17. The van der Waals surface area contributed by atoms with E-state index in [0.717, 1.165) is 0 Å².